The molecule has 5 saturated carbocycles. The number of nitrogens with one attached hydrogen (secondary N) is 2. The van der Waals surface area contributed by atoms with Crippen LogP contribution in [0.1, 0.15) is 128 Å². The van der Waals surface area contributed by atoms with E-state index in [0.717, 1.165) is 64.2 Å². The third-order valence-corrected chi connectivity index (χ3v) is 12.5. The van der Waals surface area contributed by atoms with Gasteiger partial charge in [0.05, 0.1) is 49.8 Å². The smallest absolute Gasteiger partial charge is 0.308 e. The van der Waals surface area contributed by atoms with Crippen molar-refractivity contribution in [3.8, 4) is 12.5 Å². The average Bonchev–Trinajstić information content (AvgIpc) is 3.12. The van der Waals surface area contributed by atoms with Gasteiger partial charge < -0.3 is 34.6 Å². The first-order chi connectivity index (χ1) is 24.3. The summed E-state index contributed by atoms with van der Waals surface area (Å²) in [6, 6.07) is -0.0914. The van der Waals surface area contributed by atoms with Crippen molar-refractivity contribution in [1.29, 1.82) is 0 Å². The van der Waals surface area contributed by atoms with Gasteiger partial charge >= 0.3 is 11.9 Å². The molecule has 6 unspecified atom stereocenters. The lowest BCUT2D eigenvalue weighted by molar-refractivity contribution is -0.151. The number of carboxylic acids is 2. The van der Waals surface area contributed by atoms with Gasteiger partial charge in [-0.2, -0.15) is 5.48 Å². The Morgan fingerprint density at radius 3 is 1.90 bits per heavy atom. The molecule has 11 nitrogen and oxygen atoms in total. The highest BCUT2D eigenvalue weighted by atomic mass is 16.6. The highest BCUT2D eigenvalue weighted by Crippen LogP contribution is 2.38. The first-order valence-electron chi connectivity index (χ1n) is 19.8. The van der Waals surface area contributed by atoms with Crippen LogP contribution in [0.3, 0.4) is 0 Å². The standard InChI is InChI=1S/C39H62N2O9/c1-2-47-31-16-18-33(34(23-31)38(43)44)37(42)40-29-14-12-27(13-15-29)22-26-8-10-28(11-9-26)25-50-41-36-19-17-32(24-35(36)39(45)46)49-21-20-48-30-6-4-3-5-7-30/h1,26-36,41H,3-25H2,(H,40,42)(H,43,44)(H,45,46). The monoisotopic (exact) mass is 702 g/mol. The summed E-state index contributed by atoms with van der Waals surface area (Å²) in [5, 5.41) is 22.8. The molecule has 0 aromatic carbocycles. The summed E-state index contributed by atoms with van der Waals surface area (Å²) in [5.41, 5.74) is 3.13. The van der Waals surface area contributed by atoms with E-state index in [1.165, 1.54) is 38.5 Å². The molecule has 0 spiro atoms. The molecular formula is C39H62N2O9. The van der Waals surface area contributed by atoms with E-state index in [4.69, 9.17) is 25.5 Å². The molecule has 5 fully saturated rings. The molecule has 0 saturated heterocycles. The highest BCUT2D eigenvalue weighted by molar-refractivity contribution is 5.85. The number of hydrogen-bond donors (Lipinski definition) is 4. The van der Waals surface area contributed by atoms with Crippen molar-refractivity contribution >= 4 is 17.8 Å². The average molecular weight is 703 g/mol. The molecule has 0 aromatic heterocycles. The molecule has 0 bridgehead atoms. The van der Waals surface area contributed by atoms with Crippen molar-refractivity contribution in [2.24, 2.45) is 35.5 Å². The Labute approximate surface area is 298 Å². The van der Waals surface area contributed by atoms with Crippen LogP contribution in [0.4, 0.5) is 0 Å². The van der Waals surface area contributed by atoms with Crippen LogP contribution in [0.2, 0.25) is 0 Å². The molecule has 0 heterocycles. The Kier molecular flexibility index (Phi) is 15.5. The Hall–Kier alpha value is -2.39. The van der Waals surface area contributed by atoms with Gasteiger partial charge in [-0.15, -0.1) is 0 Å². The van der Waals surface area contributed by atoms with Crippen molar-refractivity contribution in [3.63, 3.8) is 0 Å². The predicted octanol–water partition coefficient (Wildman–Crippen LogP) is 5.84. The first-order valence-corrected chi connectivity index (χ1v) is 19.8. The molecule has 5 rings (SSSR count). The minimum absolute atomic E-state index is 0.0505. The first kappa shape index (κ1) is 38.8. The van der Waals surface area contributed by atoms with Gasteiger partial charge in [-0.1, -0.05) is 38.5 Å². The number of rotatable bonds is 16. The van der Waals surface area contributed by atoms with E-state index in [9.17, 15) is 24.6 Å². The number of terminal acetylenes is 1. The van der Waals surface area contributed by atoms with Gasteiger partial charge in [-0.05, 0) is 114 Å². The number of carboxylic acid groups (broad SMARTS) is 2. The second-order valence-electron chi connectivity index (χ2n) is 16.0. The van der Waals surface area contributed by atoms with Gasteiger partial charge in [0.2, 0.25) is 5.91 Å². The van der Waals surface area contributed by atoms with Crippen molar-refractivity contribution in [2.45, 2.75) is 159 Å². The molecule has 11 heteroatoms. The molecule has 0 radical (unpaired) electrons. The molecule has 50 heavy (non-hydrogen) atoms. The normalized spacial score (nSPS) is 35.4. The van der Waals surface area contributed by atoms with Gasteiger partial charge in [-0.3, -0.25) is 14.4 Å². The van der Waals surface area contributed by atoms with Crippen molar-refractivity contribution in [3.05, 3.63) is 0 Å². The molecule has 0 aromatic rings. The SMILES string of the molecule is C#COC1CCC(C(=O)NC2CCC(CC3CCC(CONC4CCC(OCCOC5CCCCC5)CC4C(=O)O)CC3)CC2)C(C(=O)O)C1. The fraction of sp³-hybridized carbons (Fsp3) is 0.872. The summed E-state index contributed by atoms with van der Waals surface area (Å²) >= 11 is 0. The van der Waals surface area contributed by atoms with Crippen molar-refractivity contribution < 1.29 is 43.6 Å². The van der Waals surface area contributed by atoms with E-state index in [1.54, 1.807) is 0 Å². The number of hydrogen-bond acceptors (Lipinski definition) is 8. The van der Waals surface area contributed by atoms with Crippen LogP contribution >= 0.6 is 0 Å². The van der Waals surface area contributed by atoms with Crippen molar-refractivity contribution in [2.75, 3.05) is 19.8 Å². The van der Waals surface area contributed by atoms with E-state index < -0.39 is 29.7 Å². The summed E-state index contributed by atoms with van der Waals surface area (Å²) in [5.74, 6) is -1.85. The van der Waals surface area contributed by atoms with E-state index in [-0.39, 0.29) is 36.6 Å². The molecule has 4 N–H and O–H groups in total. The van der Waals surface area contributed by atoms with Crippen LogP contribution in [0.25, 0.3) is 0 Å². The lowest BCUT2D eigenvalue weighted by Gasteiger charge is -2.36. The van der Waals surface area contributed by atoms with Gasteiger partial charge in [-0.25, -0.2) is 0 Å². The van der Waals surface area contributed by atoms with E-state index in [0.29, 0.717) is 62.9 Å². The molecule has 5 aliphatic carbocycles. The van der Waals surface area contributed by atoms with Crippen LogP contribution in [0, 0.1) is 48.0 Å². The quantitative estimate of drug-likeness (QED) is 0.0877. The molecule has 282 valence electrons. The van der Waals surface area contributed by atoms with E-state index in [2.05, 4.69) is 16.9 Å². The maximum atomic E-state index is 13.1. The maximum absolute atomic E-state index is 13.1. The summed E-state index contributed by atoms with van der Waals surface area (Å²) in [7, 11) is 0. The zero-order chi connectivity index (χ0) is 35.3. The van der Waals surface area contributed by atoms with Gasteiger partial charge in [0.1, 0.15) is 12.2 Å². The molecule has 0 aliphatic heterocycles. The number of hydroxylamine groups is 1. The maximum Gasteiger partial charge on any atom is 0.308 e. The number of amides is 1. The minimum atomic E-state index is -0.960. The summed E-state index contributed by atoms with van der Waals surface area (Å²) in [4.78, 5) is 43.0. The third-order valence-electron chi connectivity index (χ3n) is 12.5. The Morgan fingerprint density at radius 1 is 0.640 bits per heavy atom. The van der Waals surface area contributed by atoms with E-state index >= 15 is 0 Å². The number of aliphatic carboxylic acids is 2. The van der Waals surface area contributed by atoms with Gasteiger partial charge in [0.15, 0.2) is 0 Å². The third kappa shape index (κ3) is 11.8. The van der Waals surface area contributed by atoms with Crippen LogP contribution < -0.4 is 10.8 Å². The zero-order valence-corrected chi connectivity index (χ0v) is 29.9. The Bertz CT molecular complexity index is 1110. The number of carbonyl (C=O) groups is 3. The van der Waals surface area contributed by atoms with Gasteiger partial charge in [0.25, 0.3) is 0 Å². The second-order valence-corrected chi connectivity index (χ2v) is 16.0. The lowest BCUT2D eigenvalue weighted by atomic mass is 9.74. The lowest BCUT2D eigenvalue weighted by Crippen LogP contribution is -2.47. The van der Waals surface area contributed by atoms with Crippen LogP contribution in [-0.2, 0) is 33.4 Å². The van der Waals surface area contributed by atoms with Gasteiger partial charge in [0, 0.05) is 12.1 Å². The summed E-state index contributed by atoms with van der Waals surface area (Å²) < 4.78 is 17.2. The van der Waals surface area contributed by atoms with Crippen LogP contribution in [0.5, 0.6) is 0 Å². The molecular weight excluding hydrogens is 640 g/mol. The number of ether oxygens (including phenoxy) is 3. The summed E-state index contributed by atoms with van der Waals surface area (Å²) in [6.45, 7) is 1.71. The Balaban J connectivity index is 0.920. The number of carbonyl (C=O) groups excluding carboxylic acids is 1. The molecule has 5 aliphatic rings. The largest absolute Gasteiger partial charge is 0.481 e. The second kappa shape index (κ2) is 20.0. The molecule has 1 amide bonds. The molecule has 6 atom stereocenters. The Morgan fingerprint density at radius 2 is 1.24 bits per heavy atom. The predicted molar refractivity (Wildman–Crippen MR) is 187 cm³/mol. The topological polar surface area (TPSA) is 153 Å². The van der Waals surface area contributed by atoms with E-state index in [1.807, 2.05) is 0 Å². The fourth-order valence-electron chi connectivity index (χ4n) is 9.51. The highest BCUT2D eigenvalue weighted by Gasteiger charge is 2.41. The van der Waals surface area contributed by atoms with Crippen molar-refractivity contribution in [1.82, 2.24) is 10.8 Å². The van der Waals surface area contributed by atoms with Crippen LogP contribution in [0.15, 0.2) is 0 Å². The minimum Gasteiger partial charge on any atom is -0.481 e. The zero-order valence-electron chi connectivity index (χ0n) is 29.9. The fourth-order valence-corrected chi connectivity index (χ4v) is 9.51. The summed E-state index contributed by atoms with van der Waals surface area (Å²) in [6.07, 6.45) is 26.8. The van der Waals surface area contributed by atoms with Crippen LogP contribution in [-0.4, -0.2) is 78.3 Å².